The van der Waals surface area contributed by atoms with Gasteiger partial charge in [0.25, 0.3) is 0 Å². The molecule has 0 aliphatic carbocycles. The zero-order valence-corrected chi connectivity index (χ0v) is 14.3. The third kappa shape index (κ3) is 3.71. The minimum Gasteiger partial charge on any atom is -0.348 e. The molecule has 3 nitrogen and oxygen atoms in total. The number of benzene rings is 1. The molecule has 0 spiro atoms. The second-order valence-corrected chi connectivity index (χ2v) is 6.18. The van der Waals surface area contributed by atoms with Crippen LogP contribution in [-0.4, -0.2) is 21.7 Å². The molecule has 7 heteroatoms. The van der Waals surface area contributed by atoms with E-state index in [-0.39, 0.29) is 6.04 Å². The molecular weight excluding hydrogens is 347 g/mol. The number of nitrogens with zero attached hydrogens (tertiary/aromatic N) is 2. The number of fused-ring (bicyclic) bond motifs is 1. The first-order valence-electron chi connectivity index (χ1n) is 7.92. The lowest BCUT2D eigenvalue weighted by atomic mass is 10.0. The van der Waals surface area contributed by atoms with Crippen molar-refractivity contribution in [1.29, 1.82) is 0 Å². The zero-order valence-electron chi connectivity index (χ0n) is 13.5. The van der Waals surface area contributed by atoms with Crippen molar-refractivity contribution in [3.8, 4) is 0 Å². The number of alkyl halides is 3. The number of nitrogens with one attached hydrogen (secondary N) is 1. The van der Waals surface area contributed by atoms with Gasteiger partial charge in [-0.05, 0) is 36.8 Å². The van der Waals surface area contributed by atoms with Crippen LogP contribution in [0, 0.1) is 0 Å². The van der Waals surface area contributed by atoms with Gasteiger partial charge in [0.05, 0.1) is 17.0 Å². The molecule has 1 unspecified atom stereocenters. The summed E-state index contributed by atoms with van der Waals surface area (Å²) < 4.78 is 39.5. The first-order valence-corrected chi connectivity index (χ1v) is 8.32. The van der Waals surface area contributed by atoms with Gasteiger partial charge in [0, 0.05) is 17.4 Å². The fourth-order valence-electron chi connectivity index (χ4n) is 2.70. The first-order chi connectivity index (χ1) is 11.9. The number of rotatable bonds is 3. The van der Waals surface area contributed by atoms with E-state index in [0.29, 0.717) is 34.1 Å². The molecule has 1 aliphatic rings. The predicted octanol–water partition coefficient (Wildman–Crippen LogP) is 4.86. The smallest absolute Gasteiger partial charge is 0.348 e. The Bertz CT molecular complexity index is 816. The van der Waals surface area contributed by atoms with E-state index in [9.17, 15) is 13.2 Å². The van der Waals surface area contributed by atoms with Crippen molar-refractivity contribution in [1.82, 2.24) is 4.98 Å². The van der Waals surface area contributed by atoms with Gasteiger partial charge in [-0.25, -0.2) is 0 Å². The van der Waals surface area contributed by atoms with Crippen LogP contribution in [0.2, 0.25) is 0 Å². The van der Waals surface area contributed by atoms with Gasteiger partial charge < -0.3 is 5.32 Å². The SMILES string of the molecule is CCCC1N=C(c2ccccn2)c2cc(C(F)(F)F)ccc2NC1=S. The molecule has 1 atom stereocenters. The Balaban J connectivity index is 2.21. The normalized spacial score (nSPS) is 17.4. The Kier molecular flexibility index (Phi) is 4.85. The Morgan fingerprint density at radius 3 is 2.64 bits per heavy atom. The van der Waals surface area contributed by atoms with Crippen LogP contribution in [0.15, 0.2) is 47.6 Å². The summed E-state index contributed by atoms with van der Waals surface area (Å²) in [5.41, 5.74) is 1.09. The van der Waals surface area contributed by atoms with Gasteiger partial charge in [-0.3, -0.25) is 9.98 Å². The highest BCUT2D eigenvalue weighted by atomic mass is 32.1. The number of halogens is 3. The van der Waals surface area contributed by atoms with Crippen LogP contribution >= 0.6 is 12.2 Å². The number of aliphatic imine (C=N–C) groups is 1. The third-order valence-electron chi connectivity index (χ3n) is 3.92. The molecule has 0 radical (unpaired) electrons. The average molecular weight is 363 g/mol. The van der Waals surface area contributed by atoms with E-state index < -0.39 is 11.7 Å². The van der Waals surface area contributed by atoms with E-state index in [1.54, 1.807) is 24.4 Å². The molecule has 0 bridgehead atoms. The maximum Gasteiger partial charge on any atom is 0.416 e. The van der Waals surface area contributed by atoms with Crippen LogP contribution in [0.25, 0.3) is 0 Å². The van der Waals surface area contributed by atoms with Crippen molar-refractivity contribution in [3.05, 3.63) is 59.4 Å². The molecule has 3 rings (SSSR count). The number of hydrogen-bond donors (Lipinski definition) is 1. The summed E-state index contributed by atoms with van der Waals surface area (Å²) in [6.07, 6.45) is -1.27. The van der Waals surface area contributed by atoms with E-state index in [0.717, 1.165) is 18.6 Å². The molecule has 2 heterocycles. The van der Waals surface area contributed by atoms with Gasteiger partial charge in [0.2, 0.25) is 0 Å². The predicted molar refractivity (Wildman–Crippen MR) is 96.2 cm³/mol. The molecule has 0 saturated carbocycles. The molecule has 1 aliphatic heterocycles. The van der Waals surface area contributed by atoms with Crippen LogP contribution in [0.1, 0.15) is 36.6 Å². The molecule has 1 N–H and O–H groups in total. The molecule has 1 aromatic carbocycles. The maximum absolute atomic E-state index is 13.2. The van der Waals surface area contributed by atoms with Gasteiger partial charge >= 0.3 is 6.18 Å². The highest BCUT2D eigenvalue weighted by Crippen LogP contribution is 2.34. The van der Waals surface area contributed by atoms with Crippen LogP contribution in [0.5, 0.6) is 0 Å². The summed E-state index contributed by atoms with van der Waals surface area (Å²) >= 11 is 5.40. The largest absolute Gasteiger partial charge is 0.416 e. The number of thiocarbonyl (C=S) groups is 1. The minimum atomic E-state index is -4.43. The molecule has 0 amide bonds. The zero-order chi connectivity index (χ0) is 18.0. The van der Waals surface area contributed by atoms with Gasteiger partial charge in [0.15, 0.2) is 0 Å². The van der Waals surface area contributed by atoms with Gasteiger partial charge in [0.1, 0.15) is 11.0 Å². The summed E-state index contributed by atoms with van der Waals surface area (Å²) in [5.74, 6) is 0. The maximum atomic E-state index is 13.2. The van der Waals surface area contributed by atoms with Crippen LogP contribution in [-0.2, 0) is 6.18 Å². The Hall–Kier alpha value is -2.28. The topological polar surface area (TPSA) is 37.3 Å². The highest BCUT2D eigenvalue weighted by Gasteiger charge is 2.33. The highest BCUT2D eigenvalue weighted by molar-refractivity contribution is 7.80. The van der Waals surface area contributed by atoms with Gasteiger partial charge in [-0.15, -0.1) is 0 Å². The lowest BCUT2D eigenvalue weighted by Crippen LogP contribution is -2.23. The number of hydrogen-bond acceptors (Lipinski definition) is 3. The lowest BCUT2D eigenvalue weighted by Gasteiger charge is -2.14. The van der Waals surface area contributed by atoms with E-state index in [1.165, 1.54) is 6.07 Å². The number of benzodiazepines with no additional fused rings is 1. The fourth-order valence-corrected chi connectivity index (χ4v) is 2.98. The monoisotopic (exact) mass is 363 g/mol. The minimum absolute atomic E-state index is 0.293. The molecule has 0 fully saturated rings. The summed E-state index contributed by atoms with van der Waals surface area (Å²) in [4.78, 5) is 9.44. The summed E-state index contributed by atoms with van der Waals surface area (Å²) in [5, 5.41) is 3.06. The Labute approximate surface area is 149 Å². The molecule has 2 aromatic rings. The van der Waals surface area contributed by atoms with Crippen molar-refractivity contribution < 1.29 is 13.2 Å². The number of aromatic nitrogens is 1. The standard InChI is InChI=1S/C18H16F3N3S/c1-2-5-15-17(25)24-13-8-7-11(18(19,20)21)10-12(13)16(23-15)14-6-3-4-9-22-14/h3-4,6-10,15H,2,5H2,1H3,(H,24,25). The summed E-state index contributed by atoms with van der Waals surface area (Å²) in [7, 11) is 0. The van der Waals surface area contributed by atoms with E-state index in [4.69, 9.17) is 12.2 Å². The van der Waals surface area contributed by atoms with Crippen molar-refractivity contribution in [2.75, 3.05) is 5.32 Å². The van der Waals surface area contributed by atoms with Crippen molar-refractivity contribution in [3.63, 3.8) is 0 Å². The van der Waals surface area contributed by atoms with E-state index in [2.05, 4.69) is 15.3 Å². The Morgan fingerprint density at radius 1 is 1.20 bits per heavy atom. The van der Waals surface area contributed by atoms with Gasteiger partial charge in [-0.2, -0.15) is 13.2 Å². The quantitative estimate of drug-likeness (QED) is 0.792. The molecule has 25 heavy (non-hydrogen) atoms. The van der Waals surface area contributed by atoms with Crippen molar-refractivity contribution in [2.45, 2.75) is 32.0 Å². The number of pyridine rings is 1. The van der Waals surface area contributed by atoms with Gasteiger partial charge in [-0.1, -0.05) is 31.6 Å². The van der Waals surface area contributed by atoms with Crippen LogP contribution < -0.4 is 5.32 Å². The van der Waals surface area contributed by atoms with Crippen molar-refractivity contribution in [2.24, 2.45) is 4.99 Å². The molecule has 1 aromatic heterocycles. The third-order valence-corrected chi connectivity index (χ3v) is 4.29. The summed E-state index contributed by atoms with van der Waals surface area (Å²) in [6.45, 7) is 2.01. The van der Waals surface area contributed by atoms with Crippen molar-refractivity contribution >= 4 is 28.6 Å². The van der Waals surface area contributed by atoms with Crippen LogP contribution in [0.4, 0.5) is 18.9 Å². The van der Waals surface area contributed by atoms with E-state index >= 15 is 0 Å². The second-order valence-electron chi connectivity index (χ2n) is 5.74. The van der Waals surface area contributed by atoms with Crippen LogP contribution in [0.3, 0.4) is 0 Å². The fraction of sp³-hybridized carbons (Fsp3) is 0.278. The Morgan fingerprint density at radius 2 is 2.00 bits per heavy atom. The average Bonchev–Trinajstić information content (AvgIpc) is 2.72. The molecule has 130 valence electrons. The number of anilines is 1. The molecular formula is C18H16F3N3S. The second kappa shape index (κ2) is 6.92. The van der Waals surface area contributed by atoms with E-state index in [1.807, 2.05) is 6.92 Å². The lowest BCUT2D eigenvalue weighted by molar-refractivity contribution is -0.137. The first kappa shape index (κ1) is 17.5. The molecule has 0 saturated heterocycles. The summed E-state index contributed by atoms with van der Waals surface area (Å²) in [6, 6.07) is 8.53.